The number of hydrogen-bond acceptors (Lipinski definition) is 4. The van der Waals surface area contributed by atoms with Gasteiger partial charge in [0.05, 0.1) is 18.5 Å². The van der Waals surface area contributed by atoms with E-state index in [2.05, 4.69) is 5.32 Å². The molecule has 18 heavy (non-hydrogen) atoms. The van der Waals surface area contributed by atoms with Crippen LogP contribution in [0.1, 0.15) is 19.3 Å². The Morgan fingerprint density at radius 3 is 2.83 bits per heavy atom. The van der Waals surface area contributed by atoms with E-state index in [9.17, 15) is 5.11 Å². The zero-order valence-electron chi connectivity index (χ0n) is 10.9. The minimum atomic E-state index is 0.296. The van der Waals surface area contributed by atoms with Gasteiger partial charge in [0.2, 0.25) is 0 Å². The third-order valence-electron chi connectivity index (χ3n) is 3.86. The second-order valence-corrected chi connectivity index (χ2v) is 4.97. The minimum Gasteiger partial charge on any atom is -0.497 e. The summed E-state index contributed by atoms with van der Waals surface area (Å²) in [6.45, 7) is 1.17. The van der Waals surface area contributed by atoms with E-state index in [1.54, 1.807) is 7.11 Å². The van der Waals surface area contributed by atoms with E-state index in [0.717, 1.165) is 24.4 Å². The van der Waals surface area contributed by atoms with Gasteiger partial charge in [-0.25, -0.2) is 0 Å². The molecule has 1 fully saturated rings. The standard InChI is InChI=1S/C14H22N2O2/c1-18-12-5-6-14(13(15)7-12)16-8-10-3-2-4-11(10)9-17/h5-7,10-11,16-17H,2-4,8-9,15H2,1H3. The van der Waals surface area contributed by atoms with Gasteiger partial charge in [0.15, 0.2) is 0 Å². The van der Waals surface area contributed by atoms with Crippen LogP contribution in [0.15, 0.2) is 18.2 Å². The first-order valence-corrected chi connectivity index (χ1v) is 6.53. The highest BCUT2D eigenvalue weighted by molar-refractivity contribution is 5.68. The van der Waals surface area contributed by atoms with Crippen LogP contribution in [0.4, 0.5) is 11.4 Å². The summed E-state index contributed by atoms with van der Waals surface area (Å²) >= 11 is 0. The average molecular weight is 250 g/mol. The summed E-state index contributed by atoms with van der Waals surface area (Å²) in [5.74, 6) is 1.76. The van der Waals surface area contributed by atoms with Crippen molar-refractivity contribution in [2.24, 2.45) is 11.8 Å². The lowest BCUT2D eigenvalue weighted by atomic mass is 9.97. The van der Waals surface area contributed by atoms with Gasteiger partial charge < -0.3 is 20.9 Å². The number of ether oxygens (including phenoxy) is 1. The van der Waals surface area contributed by atoms with Crippen molar-refractivity contribution in [1.82, 2.24) is 0 Å². The molecular weight excluding hydrogens is 228 g/mol. The van der Waals surface area contributed by atoms with E-state index in [4.69, 9.17) is 10.5 Å². The highest BCUT2D eigenvalue weighted by Crippen LogP contribution is 2.32. The molecule has 4 nitrogen and oxygen atoms in total. The van der Waals surface area contributed by atoms with Gasteiger partial charge >= 0.3 is 0 Å². The van der Waals surface area contributed by atoms with Crippen LogP contribution in [-0.2, 0) is 0 Å². The van der Waals surface area contributed by atoms with Crippen LogP contribution in [-0.4, -0.2) is 25.4 Å². The number of rotatable bonds is 5. The molecule has 2 atom stereocenters. The summed E-state index contributed by atoms with van der Waals surface area (Å²) in [4.78, 5) is 0. The lowest BCUT2D eigenvalue weighted by Gasteiger charge is -2.19. The summed E-state index contributed by atoms with van der Waals surface area (Å²) < 4.78 is 5.12. The van der Waals surface area contributed by atoms with Gasteiger partial charge in [-0.3, -0.25) is 0 Å². The SMILES string of the molecule is COc1ccc(NCC2CCCC2CO)c(N)c1. The Balaban J connectivity index is 1.93. The topological polar surface area (TPSA) is 67.5 Å². The van der Waals surface area contributed by atoms with E-state index in [-0.39, 0.29) is 0 Å². The number of aliphatic hydroxyl groups excluding tert-OH is 1. The Kier molecular flexibility index (Phi) is 4.31. The molecule has 2 unspecified atom stereocenters. The molecule has 0 saturated heterocycles. The summed E-state index contributed by atoms with van der Waals surface area (Å²) in [5.41, 5.74) is 7.60. The molecule has 0 aromatic heterocycles. The van der Waals surface area contributed by atoms with Crippen molar-refractivity contribution in [1.29, 1.82) is 0 Å². The van der Waals surface area contributed by atoms with E-state index in [1.165, 1.54) is 12.8 Å². The molecule has 1 aromatic rings. The highest BCUT2D eigenvalue weighted by Gasteiger charge is 2.26. The minimum absolute atomic E-state index is 0.296. The van der Waals surface area contributed by atoms with Gasteiger partial charge in [-0.05, 0) is 36.8 Å². The zero-order chi connectivity index (χ0) is 13.0. The fourth-order valence-corrected chi connectivity index (χ4v) is 2.69. The van der Waals surface area contributed by atoms with Gasteiger partial charge in [-0.2, -0.15) is 0 Å². The Morgan fingerprint density at radius 1 is 1.39 bits per heavy atom. The number of nitrogens with two attached hydrogens (primary N) is 1. The average Bonchev–Trinajstić information content (AvgIpc) is 2.84. The van der Waals surface area contributed by atoms with Gasteiger partial charge in [-0.1, -0.05) is 6.42 Å². The molecule has 0 radical (unpaired) electrons. The number of nitrogen functional groups attached to an aromatic ring is 1. The fourth-order valence-electron chi connectivity index (χ4n) is 2.69. The molecule has 100 valence electrons. The number of benzene rings is 1. The first-order valence-electron chi connectivity index (χ1n) is 6.53. The van der Waals surface area contributed by atoms with Crippen molar-refractivity contribution in [3.63, 3.8) is 0 Å². The Hall–Kier alpha value is -1.42. The number of methoxy groups -OCH3 is 1. The first kappa shape index (κ1) is 13.0. The van der Waals surface area contributed by atoms with Crippen LogP contribution in [0.2, 0.25) is 0 Å². The predicted molar refractivity (Wildman–Crippen MR) is 73.8 cm³/mol. The van der Waals surface area contributed by atoms with Crippen LogP contribution in [0.5, 0.6) is 5.75 Å². The van der Waals surface area contributed by atoms with Gasteiger partial charge in [0.25, 0.3) is 0 Å². The molecule has 0 aliphatic heterocycles. The summed E-state index contributed by atoms with van der Waals surface area (Å²) in [7, 11) is 1.63. The maximum atomic E-state index is 9.29. The lowest BCUT2D eigenvalue weighted by molar-refractivity contribution is 0.199. The zero-order valence-corrected chi connectivity index (χ0v) is 10.9. The smallest absolute Gasteiger partial charge is 0.121 e. The molecule has 1 saturated carbocycles. The third-order valence-corrected chi connectivity index (χ3v) is 3.86. The molecular formula is C14H22N2O2. The van der Waals surface area contributed by atoms with E-state index in [1.807, 2.05) is 18.2 Å². The molecule has 1 aliphatic carbocycles. The highest BCUT2D eigenvalue weighted by atomic mass is 16.5. The fraction of sp³-hybridized carbons (Fsp3) is 0.571. The largest absolute Gasteiger partial charge is 0.497 e. The Labute approximate surface area is 108 Å². The number of hydrogen-bond donors (Lipinski definition) is 3. The molecule has 0 bridgehead atoms. The normalized spacial score (nSPS) is 23.0. The quantitative estimate of drug-likeness (QED) is 0.700. The Morgan fingerprint density at radius 2 is 2.17 bits per heavy atom. The number of anilines is 2. The third kappa shape index (κ3) is 2.88. The lowest BCUT2D eigenvalue weighted by Crippen LogP contribution is -2.21. The number of aliphatic hydroxyl groups is 1. The van der Waals surface area contributed by atoms with Crippen molar-refractivity contribution >= 4 is 11.4 Å². The van der Waals surface area contributed by atoms with Crippen molar-refractivity contribution in [3.8, 4) is 5.75 Å². The summed E-state index contributed by atoms with van der Waals surface area (Å²) in [5, 5.41) is 12.7. The molecule has 4 N–H and O–H groups in total. The predicted octanol–water partition coefficient (Wildman–Crippen LogP) is 2.10. The molecule has 0 amide bonds. The van der Waals surface area contributed by atoms with Crippen LogP contribution >= 0.6 is 0 Å². The maximum absolute atomic E-state index is 9.29. The van der Waals surface area contributed by atoms with Gasteiger partial charge in [0, 0.05) is 19.2 Å². The second kappa shape index (κ2) is 5.96. The van der Waals surface area contributed by atoms with E-state index < -0.39 is 0 Å². The van der Waals surface area contributed by atoms with Gasteiger partial charge in [0.1, 0.15) is 5.75 Å². The van der Waals surface area contributed by atoms with Crippen molar-refractivity contribution in [2.75, 3.05) is 31.3 Å². The van der Waals surface area contributed by atoms with Crippen LogP contribution in [0, 0.1) is 11.8 Å². The van der Waals surface area contributed by atoms with Crippen molar-refractivity contribution in [3.05, 3.63) is 18.2 Å². The first-order chi connectivity index (χ1) is 8.74. The van der Waals surface area contributed by atoms with Crippen LogP contribution in [0.3, 0.4) is 0 Å². The molecule has 2 rings (SSSR count). The van der Waals surface area contributed by atoms with E-state index in [0.29, 0.717) is 24.1 Å². The molecule has 1 aromatic carbocycles. The van der Waals surface area contributed by atoms with Crippen molar-refractivity contribution in [2.45, 2.75) is 19.3 Å². The van der Waals surface area contributed by atoms with Crippen LogP contribution < -0.4 is 15.8 Å². The van der Waals surface area contributed by atoms with E-state index >= 15 is 0 Å². The number of nitrogens with one attached hydrogen (secondary N) is 1. The molecule has 0 spiro atoms. The molecule has 4 heteroatoms. The summed E-state index contributed by atoms with van der Waals surface area (Å²) in [6, 6.07) is 5.66. The molecule has 0 heterocycles. The van der Waals surface area contributed by atoms with Crippen molar-refractivity contribution < 1.29 is 9.84 Å². The van der Waals surface area contributed by atoms with Gasteiger partial charge in [-0.15, -0.1) is 0 Å². The molecule has 1 aliphatic rings. The summed E-state index contributed by atoms with van der Waals surface area (Å²) in [6.07, 6.45) is 3.55. The van der Waals surface area contributed by atoms with Crippen LogP contribution in [0.25, 0.3) is 0 Å². The second-order valence-electron chi connectivity index (χ2n) is 4.97. The monoisotopic (exact) mass is 250 g/mol. The maximum Gasteiger partial charge on any atom is 0.121 e. The Bertz CT molecular complexity index is 395.